The first-order valence-corrected chi connectivity index (χ1v) is 5.88. The minimum Gasteiger partial charge on any atom is -0.284 e. The van der Waals surface area contributed by atoms with Crippen LogP contribution in [0.2, 0.25) is 0 Å². The lowest BCUT2D eigenvalue weighted by molar-refractivity contribution is 0.991. The lowest BCUT2D eigenvalue weighted by Crippen LogP contribution is -2.16. The largest absolute Gasteiger partial charge is 0.284 e. The van der Waals surface area contributed by atoms with Crippen LogP contribution in [0.15, 0.2) is 72.2 Å². The molecule has 1 aromatic carbocycles. The Kier molecular flexibility index (Phi) is 2.90. The summed E-state index contributed by atoms with van der Waals surface area (Å²) < 4.78 is 1.61. The Labute approximate surface area is 110 Å². The Morgan fingerprint density at radius 3 is 2.32 bits per heavy atom. The van der Waals surface area contributed by atoms with E-state index in [1.807, 2.05) is 30.3 Å². The maximum atomic E-state index is 11.9. The van der Waals surface area contributed by atoms with Crippen molar-refractivity contribution < 1.29 is 0 Å². The van der Waals surface area contributed by atoms with Crippen molar-refractivity contribution in [3.8, 4) is 16.8 Å². The molecule has 0 aliphatic carbocycles. The first kappa shape index (κ1) is 11.3. The van der Waals surface area contributed by atoms with Crippen molar-refractivity contribution in [1.29, 1.82) is 0 Å². The van der Waals surface area contributed by atoms with Gasteiger partial charge < -0.3 is 0 Å². The molecule has 0 fully saturated rings. The first-order valence-electron chi connectivity index (χ1n) is 5.88. The molecule has 0 aliphatic heterocycles. The fourth-order valence-electron chi connectivity index (χ4n) is 1.90. The Bertz CT molecular complexity index is 736. The second-order valence-corrected chi connectivity index (χ2v) is 4.09. The molecule has 0 amide bonds. The number of hydrogen-bond donors (Lipinski definition) is 0. The van der Waals surface area contributed by atoms with E-state index in [4.69, 9.17) is 0 Å². The van der Waals surface area contributed by atoms with Gasteiger partial charge in [0.2, 0.25) is 0 Å². The molecular formula is C15H11N3O. The van der Waals surface area contributed by atoms with Gasteiger partial charge in [-0.1, -0.05) is 18.2 Å². The van der Waals surface area contributed by atoms with E-state index in [1.54, 1.807) is 35.3 Å². The van der Waals surface area contributed by atoms with Crippen LogP contribution in [-0.4, -0.2) is 14.5 Å². The molecule has 4 nitrogen and oxygen atoms in total. The molecule has 0 bridgehead atoms. The molecule has 2 heterocycles. The van der Waals surface area contributed by atoms with Gasteiger partial charge in [0.15, 0.2) is 0 Å². The van der Waals surface area contributed by atoms with Crippen LogP contribution >= 0.6 is 0 Å². The summed E-state index contributed by atoms with van der Waals surface area (Å²) in [6.07, 6.45) is 6.73. The van der Waals surface area contributed by atoms with E-state index in [1.165, 1.54) is 6.33 Å². The van der Waals surface area contributed by atoms with Gasteiger partial charge in [-0.05, 0) is 18.2 Å². The van der Waals surface area contributed by atoms with Crippen molar-refractivity contribution in [3.05, 3.63) is 77.7 Å². The number of aromatic nitrogens is 3. The van der Waals surface area contributed by atoms with E-state index in [2.05, 4.69) is 9.97 Å². The molecule has 0 unspecified atom stereocenters. The number of hydrogen-bond acceptors (Lipinski definition) is 3. The van der Waals surface area contributed by atoms with Crippen LogP contribution in [-0.2, 0) is 0 Å². The van der Waals surface area contributed by atoms with Crippen LogP contribution in [0.1, 0.15) is 0 Å². The van der Waals surface area contributed by atoms with E-state index >= 15 is 0 Å². The quantitative estimate of drug-likeness (QED) is 0.700. The minimum absolute atomic E-state index is 0.0631. The van der Waals surface area contributed by atoms with Crippen LogP contribution in [0.25, 0.3) is 16.8 Å². The van der Waals surface area contributed by atoms with Gasteiger partial charge in [0.25, 0.3) is 5.56 Å². The maximum Gasteiger partial charge on any atom is 0.255 e. The molecule has 0 spiro atoms. The van der Waals surface area contributed by atoms with Gasteiger partial charge in [0.1, 0.15) is 6.33 Å². The summed E-state index contributed by atoms with van der Waals surface area (Å²) in [7, 11) is 0. The molecule has 92 valence electrons. The molecule has 3 aromatic rings. The highest BCUT2D eigenvalue weighted by molar-refractivity contribution is 5.60. The summed E-state index contributed by atoms with van der Waals surface area (Å²) in [5.41, 5.74) is 2.56. The average molecular weight is 249 g/mol. The number of nitrogens with zero attached hydrogens (tertiary/aromatic N) is 3. The fourth-order valence-corrected chi connectivity index (χ4v) is 1.90. The van der Waals surface area contributed by atoms with Crippen molar-refractivity contribution in [3.63, 3.8) is 0 Å². The maximum absolute atomic E-state index is 11.9. The van der Waals surface area contributed by atoms with Crippen molar-refractivity contribution in [2.45, 2.75) is 0 Å². The molecule has 0 radical (unpaired) electrons. The van der Waals surface area contributed by atoms with Crippen LogP contribution in [0, 0.1) is 0 Å². The third-order valence-corrected chi connectivity index (χ3v) is 2.84. The van der Waals surface area contributed by atoms with E-state index in [0.717, 1.165) is 16.8 Å². The molecule has 0 N–H and O–H groups in total. The summed E-state index contributed by atoms with van der Waals surface area (Å²) in [5, 5.41) is 0. The van der Waals surface area contributed by atoms with Gasteiger partial charge >= 0.3 is 0 Å². The predicted octanol–water partition coefficient (Wildman–Crippen LogP) is 2.29. The smallest absolute Gasteiger partial charge is 0.255 e. The SMILES string of the molecule is O=c1ccc(-c2cncnc2)cn1-c1ccccc1. The van der Waals surface area contributed by atoms with Gasteiger partial charge in [0.05, 0.1) is 0 Å². The van der Waals surface area contributed by atoms with Crippen molar-refractivity contribution in [2.75, 3.05) is 0 Å². The van der Waals surface area contributed by atoms with Crippen molar-refractivity contribution in [2.24, 2.45) is 0 Å². The first-order chi connectivity index (χ1) is 9.34. The van der Waals surface area contributed by atoms with Crippen molar-refractivity contribution in [1.82, 2.24) is 14.5 Å². The predicted molar refractivity (Wildman–Crippen MR) is 73.1 cm³/mol. The second kappa shape index (κ2) is 4.86. The van der Waals surface area contributed by atoms with Crippen LogP contribution in [0.4, 0.5) is 0 Å². The number of rotatable bonds is 2. The topological polar surface area (TPSA) is 47.8 Å². The van der Waals surface area contributed by atoms with Crippen LogP contribution in [0.5, 0.6) is 0 Å². The Morgan fingerprint density at radius 1 is 0.842 bits per heavy atom. The highest BCUT2D eigenvalue weighted by atomic mass is 16.1. The second-order valence-electron chi connectivity index (χ2n) is 4.09. The van der Waals surface area contributed by atoms with E-state index < -0.39 is 0 Å². The van der Waals surface area contributed by atoms with Crippen LogP contribution in [0.3, 0.4) is 0 Å². The standard InChI is InChI=1S/C15H11N3O/c19-15-7-6-12(13-8-16-11-17-9-13)10-18(15)14-4-2-1-3-5-14/h1-11H. The molecule has 0 saturated carbocycles. The Hall–Kier alpha value is -2.75. The molecule has 0 aliphatic rings. The fraction of sp³-hybridized carbons (Fsp3) is 0. The summed E-state index contributed by atoms with van der Waals surface area (Å²) >= 11 is 0. The lowest BCUT2D eigenvalue weighted by Gasteiger charge is -2.07. The molecule has 19 heavy (non-hydrogen) atoms. The van der Waals surface area contributed by atoms with Gasteiger partial charge in [-0.3, -0.25) is 9.36 Å². The van der Waals surface area contributed by atoms with E-state index in [0.29, 0.717) is 0 Å². The highest BCUT2D eigenvalue weighted by Gasteiger charge is 2.03. The third-order valence-electron chi connectivity index (χ3n) is 2.84. The number of para-hydroxylation sites is 1. The summed E-state index contributed by atoms with van der Waals surface area (Å²) in [6, 6.07) is 12.8. The van der Waals surface area contributed by atoms with Gasteiger partial charge in [-0.15, -0.1) is 0 Å². The number of benzene rings is 1. The summed E-state index contributed by atoms with van der Waals surface area (Å²) in [5.74, 6) is 0. The average Bonchev–Trinajstić information content (AvgIpc) is 2.49. The lowest BCUT2D eigenvalue weighted by atomic mass is 10.1. The Morgan fingerprint density at radius 2 is 1.58 bits per heavy atom. The molecule has 4 heteroatoms. The zero-order valence-electron chi connectivity index (χ0n) is 10.1. The highest BCUT2D eigenvalue weighted by Crippen LogP contribution is 2.16. The van der Waals surface area contributed by atoms with E-state index in [-0.39, 0.29) is 5.56 Å². The van der Waals surface area contributed by atoms with Crippen LogP contribution < -0.4 is 5.56 Å². The van der Waals surface area contributed by atoms with Gasteiger partial charge in [0, 0.05) is 41.5 Å². The zero-order chi connectivity index (χ0) is 13.1. The number of pyridine rings is 1. The normalized spacial score (nSPS) is 10.3. The van der Waals surface area contributed by atoms with Gasteiger partial charge in [-0.25, -0.2) is 9.97 Å². The molecule has 2 aromatic heterocycles. The minimum atomic E-state index is -0.0631. The van der Waals surface area contributed by atoms with Gasteiger partial charge in [-0.2, -0.15) is 0 Å². The van der Waals surface area contributed by atoms with Crippen molar-refractivity contribution >= 4 is 0 Å². The van der Waals surface area contributed by atoms with E-state index in [9.17, 15) is 4.79 Å². The Balaban J connectivity index is 2.15. The third kappa shape index (κ3) is 2.28. The molecular weight excluding hydrogens is 238 g/mol. The molecule has 0 saturated heterocycles. The molecule has 3 rings (SSSR count). The molecule has 0 atom stereocenters. The summed E-state index contributed by atoms with van der Waals surface area (Å²) in [4.78, 5) is 19.9. The summed E-state index contributed by atoms with van der Waals surface area (Å²) in [6.45, 7) is 0. The monoisotopic (exact) mass is 249 g/mol. The zero-order valence-corrected chi connectivity index (χ0v) is 10.1.